The van der Waals surface area contributed by atoms with E-state index in [0.29, 0.717) is 5.56 Å². The van der Waals surface area contributed by atoms with E-state index >= 15 is 0 Å². The van der Waals surface area contributed by atoms with Gasteiger partial charge in [0.15, 0.2) is 0 Å². The Labute approximate surface area is 102 Å². The second-order valence-electron chi connectivity index (χ2n) is 2.98. The van der Waals surface area contributed by atoms with Crippen molar-refractivity contribution < 1.29 is 24.0 Å². The smallest absolute Gasteiger partial charge is 0.860 e. The van der Waals surface area contributed by atoms with Gasteiger partial charge in [0.05, 0.1) is 5.56 Å². The average molecular weight is 210 g/mol. The monoisotopic (exact) mass is 210 g/mol. The molecule has 2 aromatic rings. The Morgan fingerprint density at radius 2 is 1.62 bits per heavy atom. The summed E-state index contributed by atoms with van der Waals surface area (Å²) in [4.78, 5) is 26.2. The van der Waals surface area contributed by atoms with Gasteiger partial charge >= 0.3 is 24.6 Å². The molecule has 0 aliphatic carbocycles. The molecule has 6 heteroatoms. The molecule has 0 amide bonds. The zero-order chi connectivity index (χ0) is 10.8. The number of benzene rings is 1. The molecule has 0 unspecified atom stereocenters. The first-order chi connectivity index (χ1) is 7.18. The summed E-state index contributed by atoms with van der Waals surface area (Å²) in [6.07, 6.45) is 0. The molecule has 0 bridgehead atoms. The maximum Gasteiger partial charge on any atom is 1.00 e. The van der Waals surface area contributed by atoms with Crippen molar-refractivity contribution in [3.8, 4) is 17.0 Å². The van der Waals surface area contributed by atoms with E-state index in [1.54, 1.807) is 30.3 Å². The Kier molecular flexibility index (Phi) is 3.77. The minimum Gasteiger partial charge on any atom is -0.860 e. The molecule has 0 atom stereocenters. The molecule has 1 aromatic heterocycles. The maximum absolute atomic E-state index is 11.4. The van der Waals surface area contributed by atoms with Gasteiger partial charge in [0.2, 0.25) is 0 Å². The van der Waals surface area contributed by atoms with E-state index in [2.05, 4.69) is 0 Å². The van der Waals surface area contributed by atoms with Gasteiger partial charge in [-0.3, -0.25) is 9.78 Å². The molecule has 1 heterocycles. The maximum atomic E-state index is 11.4. The molecular formula is C10H7LiN2O3. The predicted octanol–water partition coefficient (Wildman–Crippen LogP) is -3.19. The molecule has 0 aliphatic heterocycles. The van der Waals surface area contributed by atoms with E-state index in [-0.39, 0.29) is 24.4 Å². The zero-order valence-electron chi connectivity index (χ0n) is 8.61. The van der Waals surface area contributed by atoms with Crippen LogP contribution in [0, 0.1) is 0 Å². The van der Waals surface area contributed by atoms with E-state index in [0.717, 1.165) is 0 Å². The zero-order valence-corrected chi connectivity index (χ0v) is 8.61. The predicted molar refractivity (Wildman–Crippen MR) is 52.6 cm³/mol. The van der Waals surface area contributed by atoms with E-state index in [4.69, 9.17) is 0 Å². The largest absolute Gasteiger partial charge is 1.00 e. The van der Waals surface area contributed by atoms with Crippen LogP contribution in [0.2, 0.25) is 0 Å². The first-order valence-electron chi connectivity index (χ1n) is 4.27. The first kappa shape index (κ1) is 12.4. The van der Waals surface area contributed by atoms with Gasteiger partial charge in [0.25, 0.3) is 5.56 Å². The summed E-state index contributed by atoms with van der Waals surface area (Å²) in [6.45, 7) is 0. The fraction of sp³-hybridized carbons (Fsp3) is 0. The van der Waals surface area contributed by atoms with Crippen LogP contribution < -0.4 is 35.2 Å². The van der Waals surface area contributed by atoms with Crippen molar-refractivity contribution in [2.45, 2.75) is 0 Å². The fourth-order valence-corrected chi connectivity index (χ4v) is 1.33. The van der Waals surface area contributed by atoms with Crippen LogP contribution >= 0.6 is 0 Å². The van der Waals surface area contributed by atoms with Crippen molar-refractivity contribution in [3.05, 3.63) is 51.2 Å². The van der Waals surface area contributed by atoms with Gasteiger partial charge < -0.3 is 10.1 Å². The topological polar surface area (TPSA) is 88.8 Å². The van der Waals surface area contributed by atoms with Crippen molar-refractivity contribution in [2.24, 2.45) is 0 Å². The Bertz CT molecular complexity index is 589. The van der Waals surface area contributed by atoms with Crippen molar-refractivity contribution in [3.63, 3.8) is 0 Å². The van der Waals surface area contributed by atoms with Gasteiger partial charge in [-0.25, -0.2) is 4.79 Å². The number of rotatable bonds is 1. The third kappa shape index (κ3) is 2.27. The fourth-order valence-electron chi connectivity index (χ4n) is 1.33. The number of hydrogen-bond donors (Lipinski definition) is 2. The summed E-state index contributed by atoms with van der Waals surface area (Å²) in [7, 11) is 0. The molecule has 2 N–H and O–H groups in total. The quantitative estimate of drug-likeness (QED) is 0.486. The third-order valence-electron chi connectivity index (χ3n) is 1.97. The van der Waals surface area contributed by atoms with E-state index < -0.39 is 17.1 Å². The van der Waals surface area contributed by atoms with Crippen molar-refractivity contribution >= 4 is 0 Å². The van der Waals surface area contributed by atoms with Gasteiger partial charge in [0, 0.05) is 0 Å². The molecule has 0 radical (unpaired) electrons. The molecule has 1 aromatic carbocycles. The van der Waals surface area contributed by atoms with Crippen LogP contribution in [0.5, 0.6) is 5.88 Å². The van der Waals surface area contributed by atoms with Crippen LogP contribution in [0.1, 0.15) is 0 Å². The second-order valence-corrected chi connectivity index (χ2v) is 2.98. The Hall–Kier alpha value is -1.70. The Morgan fingerprint density at radius 3 is 2.19 bits per heavy atom. The summed E-state index contributed by atoms with van der Waals surface area (Å²) in [6, 6.07) is 8.45. The second kappa shape index (κ2) is 4.88. The first-order valence-corrected chi connectivity index (χ1v) is 4.27. The van der Waals surface area contributed by atoms with Crippen molar-refractivity contribution in [2.75, 3.05) is 0 Å². The van der Waals surface area contributed by atoms with Crippen LogP contribution in [0.25, 0.3) is 11.1 Å². The molecule has 5 nitrogen and oxygen atoms in total. The van der Waals surface area contributed by atoms with Crippen LogP contribution in [0.4, 0.5) is 0 Å². The third-order valence-corrected chi connectivity index (χ3v) is 1.97. The minimum absolute atomic E-state index is 0. The molecular weight excluding hydrogens is 203 g/mol. The molecule has 0 saturated heterocycles. The van der Waals surface area contributed by atoms with Crippen LogP contribution in [0.3, 0.4) is 0 Å². The molecule has 76 valence electrons. The van der Waals surface area contributed by atoms with Gasteiger partial charge in [-0.15, -0.1) is 0 Å². The number of H-pyrrole nitrogens is 2. The molecule has 16 heavy (non-hydrogen) atoms. The normalized spacial score (nSPS) is 9.50. The molecule has 0 spiro atoms. The van der Waals surface area contributed by atoms with Crippen LogP contribution in [-0.4, -0.2) is 9.97 Å². The van der Waals surface area contributed by atoms with E-state index in [1.165, 1.54) is 0 Å². The number of hydrogen-bond acceptors (Lipinski definition) is 3. The van der Waals surface area contributed by atoms with Crippen LogP contribution in [0.15, 0.2) is 39.9 Å². The number of aromatic nitrogens is 2. The summed E-state index contributed by atoms with van der Waals surface area (Å²) in [5.41, 5.74) is -1.02. The van der Waals surface area contributed by atoms with Gasteiger partial charge in [-0.2, -0.15) is 0 Å². The summed E-state index contributed by atoms with van der Waals surface area (Å²) in [5, 5.41) is 11.4. The van der Waals surface area contributed by atoms with Crippen molar-refractivity contribution in [1.82, 2.24) is 9.97 Å². The standard InChI is InChI=1S/C10H8N2O3.Li/c13-8-7(6-4-2-1-3-5-6)9(14)12-10(15)11-8;/h1-5H,(H3,11,12,13,14,15);/q;+1/p-1. The minimum atomic E-state index is -0.787. The average Bonchev–Trinajstić information content (AvgIpc) is 2.17. The van der Waals surface area contributed by atoms with Gasteiger partial charge in [0.1, 0.15) is 0 Å². The Balaban J connectivity index is 0.00000128. The Morgan fingerprint density at radius 1 is 1.00 bits per heavy atom. The van der Waals surface area contributed by atoms with Gasteiger partial charge in [-0.05, 0) is 11.4 Å². The molecule has 0 fully saturated rings. The van der Waals surface area contributed by atoms with Crippen LogP contribution in [-0.2, 0) is 0 Å². The summed E-state index contributed by atoms with van der Waals surface area (Å²) >= 11 is 0. The SMILES string of the molecule is O=c1[nH]c([O-])c(-c2ccccc2)c(=O)[nH]1.[Li+]. The van der Waals surface area contributed by atoms with E-state index in [1.807, 2.05) is 9.97 Å². The number of aromatic amines is 2. The molecule has 0 saturated carbocycles. The summed E-state index contributed by atoms with van der Waals surface area (Å²) < 4.78 is 0. The van der Waals surface area contributed by atoms with Gasteiger partial charge in [-0.1, -0.05) is 30.3 Å². The number of nitrogens with one attached hydrogen (secondary N) is 2. The summed E-state index contributed by atoms with van der Waals surface area (Å²) in [5.74, 6) is -0.671. The van der Waals surface area contributed by atoms with Crippen molar-refractivity contribution in [1.29, 1.82) is 0 Å². The molecule has 2 rings (SSSR count). The molecule has 0 aliphatic rings. The van der Waals surface area contributed by atoms with E-state index in [9.17, 15) is 14.7 Å².